The Bertz CT molecular complexity index is 8240. The topological polar surface area (TPSA) is 42.6 Å². The normalized spacial score (nSPS) is 11.7. The summed E-state index contributed by atoms with van der Waals surface area (Å²) in [6.07, 6.45) is 0. The molecule has 0 N–H and O–H groups in total. The number of benzene rings is 20. The molecule has 0 bridgehead atoms. The molecule has 0 aliphatic rings. The first-order chi connectivity index (χ1) is 62.5. The second-order valence-electron chi connectivity index (χ2n) is 32.5. The van der Waals surface area contributed by atoms with Gasteiger partial charge in [0.25, 0.3) is 0 Å². The molecular formula is C120H78N4O2. The highest BCUT2D eigenvalue weighted by Gasteiger charge is 2.28. The zero-order valence-electron chi connectivity index (χ0n) is 68.6. The van der Waals surface area contributed by atoms with Crippen LogP contribution in [0, 0.1) is 0 Å². The van der Waals surface area contributed by atoms with E-state index in [2.05, 4.69) is 492 Å². The lowest BCUT2D eigenvalue weighted by Crippen LogP contribution is -2.12. The van der Waals surface area contributed by atoms with Gasteiger partial charge in [0.1, 0.15) is 22.3 Å². The van der Waals surface area contributed by atoms with Crippen molar-refractivity contribution in [1.82, 2.24) is 9.13 Å². The van der Waals surface area contributed by atoms with E-state index in [4.69, 9.17) is 8.83 Å². The lowest BCUT2D eigenvalue weighted by molar-refractivity contribution is 0.669. The molecule has 6 heteroatoms. The Labute approximate surface area is 729 Å². The van der Waals surface area contributed by atoms with Gasteiger partial charge in [-0.1, -0.05) is 352 Å². The molecule has 0 atom stereocenters. The Hall–Kier alpha value is -16.8. The molecule has 590 valence electrons. The minimum absolute atomic E-state index is 0.840. The Balaban J connectivity index is 0.573. The molecule has 4 aromatic heterocycles. The molecule has 0 saturated heterocycles. The molecule has 0 saturated carbocycles. The van der Waals surface area contributed by atoms with Crippen LogP contribution in [0.15, 0.2) is 482 Å². The third-order valence-corrected chi connectivity index (χ3v) is 25.4. The number of furan rings is 2. The number of fused-ring (bicyclic) bond motifs is 12. The molecule has 0 unspecified atom stereocenters. The summed E-state index contributed by atoms with van der Waals surface area (Å²) in [6, 6.07) is 172. The van der Waals surface area contributed by atoms with Crippen LogP contribution in [0.3, 0.4) is 0 Å². The summed E-state index contributed by atoms with van der Waals surface area (Å²) in [6.45, 7) is 0. The van der Waals surface area contributed by atoms with Crippen molar-refractivity contribution in [2.75, 3.05) is 9.80 Å². The lowest BCUT2D eigenvalue weighted by atomic mass is 9.93. The first-order valence-electron chi connectivity index (χ1n) is 43.1. The van der Waals surface area contributed by atoms with Crippen LogP contribution in [0.25, 0.3) is 199 Å². The molecule has 126 heavy (non-hydrogen) atoms. The minimum atomic E-state index is 0.840. The maximum atomic E-state index is 6.94. The monoisotopic (exact) mass is 1610 g/mol. The van der Waals surface area contributed by atoms with Crippen molar-refractivity contribution in [1.29, 1.82) is 0 Å². The Morgan fingerprint density at radius 3 is 1.13 bits per heavy atom. The third kappa shape index (κ3) is 12.5. The lowest BCUT2D eigenvalue weighted by Gasteiger charge is -2.30. The molecule has 0 radical (unpaired) electrons. The molecule has 20 aromatic carbocycles. The fourth-order valence-electron chi connectivity index (χ4n) is 19.6. The van der Waals surface area contributed by atoms with Gasteiger partial charge in [-0.05, 0) is 194 Å². The SMILES string of the molecule is c1ccc(-c2cccc(N(c3ccc(-c4ccc(-n5c6ccccc6c6c(-c7ccc(-c8ccccc8N(c8ccc(-c9ccc(-n%10c%11ccccc%11c%11ccccc%11%10)cc9)cc8)c8ccccc8-c8cccc9oc%10c(-c%11ccccc%11)cccc%10c89)cc7)cccc65)cc4)cc3)c3ccccc3-c3ccc(-c4ccccc4)c4oc5ccccc5c34)c2)cc1. The van der Waals surface area contributed by atoms with E-state index < -0.39 is 0 Å². The van der Waals surface area contributed by atoms with Crippen LogP contribution in [0.4, 0.5) is 34.1 Å². The van der Waals surface area contributed by atoms with Crippen molar-refractivity contribution >= 4 is 122 Å². The number of hydrogen-bond acceptors (Lipinski definition) is 4. The zero-order valence-corrected chi connectivity index (χ0v) is 68.6. The average Bonchev–Trinajstić information content (AvgIpc) is 1.32. The standard InChI is InChI=1S/C120H78N4O2/c1-4-28-79(29-5-1)88-34-24-35-93(78-88)121(108-48-18-13-40-101(108)103-77-76-97(85-32-8-3-9-33-85)120-118(103)105-42-16-23-54-114(105)125-120)89-68-60-80(61-69-89)83-66-74-92(75-67-83)124-112-52-22-15-41-104(112)116-95(43-26-53-113(116)124)87-58-56-86(57-59-87)94-36-10-17-47-107(94)122(90-70-62-81(63-71-90)82-64-72-91(73-65-82)123-109-49-19-11-37-98(109)99-38-12-20-50-110(99)123)111-51-21-14-39-100(111)102-45-27-55-115-117(102)106-46-25-44-96(119(106)126-115)84-30-6-2-7-31-84/h1-78H. The summed E-state index contributed by atoms with van der Waals surface area (Å²) in [7, 11) is 0. The zero-order chi connectivity index (χ0) is 83.1. The highest BCUT2D eigenvalue weighted by molar-refractivity contribution is 6.20. The first-order valence-corrected chi connectivity index (χ1v) is 43.1. The Kier molecular flexibility index (Phi) is 17.8. The van der Waals surface area contributed by atoms with Crippen molar-refractivity contribution in [3.8, 4) is 112 Å². The summed E-state index contributed by atoms with van der Waals surface area (Å²) in [5.74, 6) is 0. The summed E-state index contributed by atoms with van der Waals surface area (Å²) >= 11 is 0. The number of hydrogen-bond donors (Lipinski definition) is 0. The van der Waals surface area contributed by atoms with E-state index in [9.17, 15) is 0 Å². The van der Waals surface area contributed by atoms with Crippen molar-refractivity contribution in [2.24, 2.45) is 0 Å². The smallest absolute Gasteiger partial charge is 0.143 e. The van der Waals surface area contributed by atoms with Crippen molar-refractivity contribution in [3.63, 3.8) is 0 Å². The van der Waals surface area contributed by atoms with E-state index >= 15 is 0 Å². The molecule has 6 nitrogen and oxygen atoms in total. The molecule has 0 aliphatic heterocycles. The van der Waals surface area contributed by atoms with Gasteiger partial charge in [0.2, 0.25) is 0 Å². The Morgan fingerprint density at radius 2 is 0.516 bits per heavy atom. The van der Waals surface area contributed by atoms with Crippen LogP contribution in [0.1, 0.15) is 0 Å². The number of aromatic nitrogens is 2. The summed E-state index contributed by atoms with van der Waals surface area (Å²) in [5, 5.41) is 9.21. The van der Waals surface area contributed by atoms with Crippen LogP contribution < -0.4 is 9.80 Å². The van der Waals surface area contributed by atoms with Crippen LogP contribution in [-0.2, 0) is 0 Å². The molecule has 0 aliphatic carbocycles. The maximum Gasteiger partial charge on any atom is 0.143 e. The Morgan fingerprint density at radius 1 is 0.167 bits per heavy atom. The molecular weight excluding hydrogens is 1530 g/mol. The molecule has 24 aromatic rings. The number of para-hydroxylation sites is 8. The van der Waals surface area contributed by atoms with Gasteiger partial charge in [-0.25, -0.2) is 0 Å². The van der Waals surface area contributed by atoms with Gasteiger partial charge in [0, 0.05) is 99.3 Å². The molecule has 0 amide bonds. The molecule has 0 fully saturated rings. The van der Waals surface area contributed by atoms with Gasteiger partial charge in [-0.2, -0.15) is 0 Å². The van der Waals surface area contributed by atoms with Gasteiger partial charge < -0.3 is 27.8 Å². The second kappa shape index (κ2) is 30.7. The van der Waals surface area contributed by atoms with Crippen LogP contribution in [0.5, 0.6) is 0 Å². The second-order valence-corrected chi connectivity index (χ2v) is 32.5. The van der Waals surface area contributed by atoms with Gasteiger partial charge in [-0.3, -0.25) is 0 Å². The van der Waals surface area contributed by atoms with Gasteiger partial charge >= 0.3 is 0 Å². The fraction of sp³-hybridized carbons (Fsp3) is 0. The summed E-state index contributed by atoms with van der Waals surface area (Å²) in [4.78, 5) is 4.87. The van der Waals surface area contributed by atoms with E-state index in [1.165, 1.54) is 38.1 Å². The van der Waals surface area contributed by atoms with Gasteiger partial charge in [-0.15, -0.1) is 0 Å². The van der Waals surface area contributed by atoms with E-state index in [-0.39, 0.29) is 0 Å². The number of nitrogens with zero attached hydrogens (tertiary/aromatic N) is 4. The van der Waals surface area contributed by atoms with E-state index in [0.717, 1.165) is 195 Å². The predicted octanol–water partition coefficient (Wildman–Crippen LogP) is 33.6. The number of anilines is 6. The quantitative estimate of drug-likeness (QED) is 0.0911. The van der Waals surface area contributed by atoms with Gasteiger partial charge in [0.05, 0.1) is 39.1 Å². The van der Waals surface area contributed by atoms with Crippen molar-refractivity contribution in [2.45, 2.75) is 0 Å². The van der Waals surface area contributed by atoms with Gasteiger partial charge in [0.15, 0.2) is 0 Å². The highest BCUT2D eigenvalue weighted by atomic mass is 16.3. The molecule has 4 heterocycles. The largest absolute Gasteiger partial charge is 0.455 e. The first kappa shape index (κ1) is 73.1. The predicted molar refractivity (Wildman–Crippen MR) is 528 cm³/mol. The highest BCUT2D eigenvalue weighted by Crippen LogP contribution is 2.52. The average molecular weight is 1610 g/mol. The minimum Gasteiger partial charge on any atom is -0.455 e. The third-order valence-electron chi connectivity index (χ3n) is 25.4. The van der Waals surface area contributed by atoms with Crippen LogP contribution >= 0.6 is 0 Å². The van der Waals surface area contributed by atoms with Crippen LogP contribution in [-0.4, -0.2) is 9.13 Å². The van der Waals surface area contributed by atoms with E-state index in [1.807, 2.05) is 0 Å². The van der Waals surface area contributed by atoms with E-state index in [1.54, 1.807) is 0 Å². The number of rotatable bonds is 17. The van der Waals surface area contributed by atoms with Crippen molar-refractivity contribution < 1.29 is 8.83 Å². The maximum absolute atomic E-state index is 6.94. The summed E-state index contributed by atoms with van der Waals surface area (Å²) in [5.41, 5.74) is 36.6. The van der Waals surface area contributed by atoms with Crippen molar-refractivity contribution in [3.05, 3.63) is 473 Å². The fourth-order valence-corrected chi connectivity index (χ4v) is 19.6. The molecule has 24 rings (SSSR count). The van der Waals surface area contributed by atoms with Crippen LogP contribution in [0.2, 0.25) is 0 Å². The van der Waals surface area contributed by atoms with E-state index in [0.29, 0.717) is 0 Å². The molecule has 0 spiro atoms. The summed E-state index contributed by atoms with van der Waals surface area (Å²) < 4.78 is 18.6.